The first-order chi connectivity index (χ1) is 13.2. The summed E-state index contributed by atoms with van der Waals surface area (Å²) in [5, 5.41) is 6.76. The molecule has 0 aromatic heterocycles. The third-order valence-electron chi connectivity index (χ3n) is 5.17. The Morgan fingerprint density at radius 1 is 1.15 bits per heavy atom. The Labute approximate surface area is 164 Å². The molecule has 6 heteroatoms. The van der Waals surface area contributed by atoms with Crippen LogP contribution in [0, 0.1) is 0 Å². The van der Waals surface area contributed by atoms with Crippen molar-refractivity contribution in [1.29, 1.82) is 0 Å². The Morgan fingerprint density at radius 3 is 2.56 bits per heavy atom. The topological polar surface area (TPSA) is 58.1 Å². The fourth-order valence-electron chi connectivity index (χ4n) is 3.55. The van der Waals surface area contributed by atoms with Gasteiger partial charge in [0.25, 0.3) is 0 Å². The Kier molecular flexibility index (Phi) is 9.25. The van der Waals surface area contributed by atoms with Gasteiger partial charge in [-0.05, 0) is 50.9 Å². The largest absolute Gasteiger partial charge is 0.493 e. The maximum atomic E-state index is 5.37. The molecule has 0 heterocycles. The van der Waals surface area contributed by atoms with E-state index in [0.717, 1.165) is 56.1 Å². The van der Waals surface area contributed by atoms with Crippen molar-refractivity contribution in [2.24, 2.45) is 4.99 Å². The molecule has 1 saturated carbocycles. The summed E-state index contributed by atoms with van der Waals surface area (Å²) in [4.78, 5) is 7.19. The Balaban J connectivity index is 1.79. The number of rotatable bonds is 10. The summed E-state index contributed by atoms with van der Waals surface area (Å²) in [5.74, 6) is 2.42. The van der Waals surface area contributed by atoms with Gasteiger partial charge in [-0.1, -0.05) is 18.9 Å². The molecule has 1 aromatic rings. The van der Waals surface area contributed by atoms with E-state index in [2.05, 4.69) is 35.6 Å². The smallest absolute Gasteiger partial charge is 0.191 e. The minimum absolute atomic E-state index is 0.751. The van der Waals surface area contributed by atoms with Gasteiger partial charge in [0.2, 0.25) is 0 Å². The van der Waals surface area contributed by atoms with Crippen molar-refractivity contribution in [2.75, 3.05) is 47.4 Å². The molecule has 1 aromatic carbocycles. The van der Waals surface area contributed by atoms with Crippen LogP contribution in [0.1, 0.15) is 38.2 Å². The van der Waals surface area contributed by atoms with Gasteiger partial charge in [0.05, 0.1) is 20.8 Å². The van der Waals surface area contributed by atoms with E-state index in [4.69, 9.17) is 14.5 Å². The van der Waals surface area contributed by atoms with Crippen LogP contribution in [0.25, 0.3) is 0 Å². The molecule has 2 N–H and O–H groups in total. The lowest BCUT2D eigenvalue weighted by Gasteiger charge is -2.23. The third-order valence-corrected chi connectivity index (χ3v) is 5.17. The average molecular weight is 377 g/mol. The summed E-state index contributed by atoms with van der Waals surface area (Å²) in [6, 6.07) is 6.80. The molecule has 0 amide bonds. The first-order valence-corrected chi connectivity index (χ1v) is 10.1. The Bertz CT molecular complexity index is 586. The molecule has 2 rings (SSSR count). The Morgan fingerprint density at radius 2 is 1.89 bits per heavy atom. The lowest BCUT2D eigenvalue weighted by Crippen LogP contribution is -2.39. The van der Waals surface area contributed by atoms with E-state index >= 15 is 0 Å². The highest BCUT2D eigenvalue weighted by Crippen LogP contribution is 2.27. The monoisotopic (exact) mass is 376 g/mol. The lowest BCUT2D eigenvalue weighted by molar-refractivity contribution is 0.252. The number of nitrogens with one attached hydrogen (secondary N) is 2. The van der Waals surface area contributed by atoms with Crippen molar-refractivity contribution < 1.29 is 9.47 Å². The second-order valence-corrected chi connectivity index (χ2v) is 7.05. The molecule has 6 nitrogen and oxygen atoms in total. The van der Waals surface area contributed by atoms with E-state index in [9.17, 15) is 0 Å². The third kappa shape index (κ3) is 6.94. The van der Waals surface area contributed by atoms with Crippen LogP contribution in [-0.4, -0.2) is 64.3 Å². The standard InChI is InChI=1S/C21H36N4O2/c1-5-22-21(24-14-15-25(2)18-8-6-7-9-18)23-13-12-17-10-11-19(26-3)20(16-17)27-4/h10-11,16,18H,5-9,12-15H2,1-4H3,(H2,22,23,24). The second-order valence-electron chi connectivity index (χ2n) is 7.05. The highest BCUT2D eigenvalue weighted by Gasteiger charge is 2.18. The number of hydrogen-bond acceptors (Lipinski definition) is 4. The number of likely N-dealkylation sites (N-methyl/N-ethyl adjacent to an activating group) is 1. The summed E-state index contributed by atoms with van der Waals surface area (Å²) in [5.41, 5.74) is 1.21. The average Bonchev–Trinajstić information content (AvgIpc) is 3.22. The molecule has 0 aliphatic heterocycles. The van der Waals surface area contributed by atoms with Crippen LogP contribution in [0.15, 0.2) is 23.2 Å². The maximum absolute atomic E-state index is 5.37. The van der Waals surface area contributed by atoms with Gasteiger partial charge in [-0.3, -0.25) is 4.99 Å². The normalized spacial score (nSPS) is 15.2. The minimum atomic E-state index is 0.751. The van der Waals surface area contributed by atoms with E-state index in [1.54, 1.807) is 14.2 Å². The van der Waals surface area contributed by atoms with E-state index in [-0.39, 0.29) is 0 Å². The van der Waals surface area contributed by atoms with Gasteiger partial charge in [0.15, 0.2) is 17.5 Å². The second kappa shape index (κ2) is 11.7. The van der Waals surface area contributed by atoms with Crippen molar-refractivity contribution in [3.63, 3.8) is 0 Å². The molecule has 0 bridgehead atoms. The fraction of sp³-hybridized carbons (Fsp3) is 0.667. The first kappa shape index (κ1) is 21.4. The van der Waals surface area contributed by atoms with Gasteiger partial charge >= 0.3 is 0 Å². The van der Waals surface area contributed by atoms with E-state index in [0.29, 0.717) is 0 Å². The van der Waals surface area contributed by atoms with Crippen LogP contribution in [0.5, 0.6) is 11.5 Å². The molecule has 1 aliphatic rings. The number of aliphatic imine (C=N–C) groups is 1. The summed E-state index contributed by atoms with van der Waals surface area (Å²) in [6.07, 6.45) is 6.32. The van der Waals surface area contributed by atoms with Crippen molar-refractivity contribution >= 4 is 5.96 Å². The van der Waals surface area contributed by atoms with Crippen molar-refractivity contribution in [3.8, 4) is 11.5 Å². The zero-order valence-electron chi connectivity index (χ0n) is 17.4. The van der Waals surface area contributed by atoms with Gasteiger partial charge in [-0.2, -0.15) is 0 Å². The molecule has 0 radical (unpaired) electrons. The van der Waals surface area contributed by atoms with Crippen LogP contribution >= 0.6 is 0 Å². The van der Waals surface area contributed by atoms with Crippen molar-refractivity contribution in [3.05, 3.63) is 23.8 Å². The number of nitrogens with zero attached hydrogens (tertiary/aromatic N) is 2. The molecule has 0 spiro atoms. The molecular formula is C21H36N4O2. The molecule has 0 atom stereocenters. The zero-order chi connectivity index (χ0) is 19.5. The van der Waals surface area contributed by atoms with Crippen LogP contribution in [-0.2, 0) is 6.42 Å². The number of ether oxygens (including phenoxy) is 2. The van der Waals surface area contributed by atoms with Crippen molar-refractivity contribution in [2.45, 2.75) is 45.1 Å². The first-order valence-electron chi connectivity index (χ1n) is 10.1. The predicted molar refractivity (Wildman–Crippen MR) is 112 cm³/mol. The fourth-order valence-corrected chi connectivity index (χ4v) is 3.55. The summed E-state index contributed by atoms with van der Waals surface area (Å²) in [6.45, 7) is 5.60. The van der Waals surface area contributed by atoms with E-state index in [1.165, 1.54) is 31.2 Å². The highest BCUT2D eigenvalue weighted by molar-refractivity contribution is 5.79. The molecule has 1 fully saturated rings. The summed E-state index contributed by atoms with van der Waals surface area (Å²) in [7, 11) is 5.55. The lowest BCUT2D eigenvalue weighted by atomic mass is 10.1. The van der Waals surface area contributed by atoms with E-state index < -0.39 is 0 Å². The maximum Gasteiger partial charge on any atom is 0.191 e. The van der Waals surface area contributed by atoms with Gasteiger partial charge in [0, 0.05) is 25.7 Å². The quantitative estimate of drug-likeness (QED) is 0.486. The minimum Gasteiger partial charge on any atom is -0.493 e. The molecular weight excluding hydrogens is 340 g/mol. The molecule has 152 valence electrons. The molecule has 0 unspecified atom stereocenters. The van der Waals surface area contributed by atoms with Crippen LogP contribution in [0.2, 0.25) is 0 Å². The number of hydrogen-bond donors (Lipinski definition) is 2. The SMILES string of the molecule is CCNC(=NCCN(C)C1CCCC1)NCCc1ccc(OC)c(OC)c1. The van der Waals surface area contributed by atoms with Gasteiger partial charge in [0.1, 0.15) is 0 Å². The zero-order valence-corrected chi connectivity index (χ0v) is 17.4. The molecule has 1 aliphatic carbocycles. The summed E-state index contributed by atoms with van der Waals surface area (Å²) < 4.78 is 10.7. The van der Waals surface area contributed by atoms with Crippen LogP contribution in [0.4, 0.5) is 0 Å². The van der Waals surface area contributed by atoms with Crippen molar-refractivity contribution in [1.82, 2.24) is 15.5 Å². The molecule has 0 saturated heterocycles. The van der Waals surface area contributed by atoms with E-state index in [1.807, 2.05) is 12.1 Å². The Hall–Kier alpha value is -1.95. The highest BCUT2D eigenvalue weighted by atomic mass is 16.5. The number of methoxy groups -OCH3 is 2. The van der Waals surface area contributed by atoms with Gasteiger partial charge in [-0.15, -0.1) is 0 Å². The van der Waals surface area contributed by atoms with Gasteiger partial charge < -0.3 is 25.0 Å². The van der Waals surface area contributed by atoms with Crippen LogP contribution in [0.3, 0.4) is 0 Å². The predicted octanol–water partition coefficient (Wildman–Crippen LogP) is 2.68. The number of benzene rings is 1. The van der Waals surface area contributed by atoms with Crippen LogP contribution < -0.4 is 20.1 Å². The van der Waals surface area contributed by atoms with Gasteiger partial charge in [-0.25, -0.2) is 0 Å². The molecule has 27 heavy (non-hydrogen) atoms. The number of guanidine groups is 1. The summed E-state index contributed by atoms with van der Waals surface area (Å²) >= 11 is 0.